The summed E-state index contributed by atoms with van der Waals surface area (Å²) >= 11 is 0. The fraction of sp³-hybridized carbons (Fsp3) is 0.235. The number of nitrogens with zero attached hydrogens (tertiary/aromatic N) is 2. The fourth-order valence-electron chi connectivity index (χ4n) is 2.12. The Morgan fingerprint density at radius 1 is 1.00 bits per heavy atom. The molecule has 0 atom stereocenters. The molecule has 0 radical (unpaired) electrons. The van der Waals surface area contributed by atoms with Crippen molar-refractivity contribution >= 4 is 11.4 Å². The lowest BCUT2D eigenvalue weighted by atomic mass is 10.1. The van der Waals surface area contributed by atoms with Gasteiger partial charge in [-0.25, -0.2) is 0 Å². The maximum atomic E-state index is 9.26. The molecule has 0 fully saturated rings. The molecule has 2 nitrogen and oxygen atoms in total. The molecule has 2 heteroatoms. The SMILES string of the molecule is CCCCN(c1ccccc1)c1ccccc1C#N. The highest BCUT2D eigenvalue weighted by Crippen LogP contribution is 2.28. The van der Waals surface area contributed by atoms with Gasteiger partial charge in [-0.05, 0) is 30.7 Å². The molecule has 0 aliphatic carbocycles. The monoisotopic (exact) mass is 250 g/mol. The van der Waals surface area contributed by atoms with Crippen molar-refractivity contribution in [3.63, 3.8) is 0 Å². The van der Waals surface area contributed by atoms with Crippen molar-refractivity contribution < 1.29 is 0 Å². The Morgan fingerprint density at radius 2 is 1.68 bits per heavy atom. The molecule has 2 aromatic rings. The van der Waals surface area contributed by atoms with Gasteiger partial charge in [-0.2, -0.15) is 5.26 Å². The van der Waals surface area contributed by atoms with Crippen molar-refractivity contribution in [2.75, 3.05) is 11.4 Å². The summed E-state index contributed by atoms with van der Waals surface area (Å²) in [5.41, 5.74) is 2.85. The van der Waals surface area contributed by atoms with E-state index in [0.29, 0.717) is 0 Å². The van der Waals surface area contributed by atoms with Gasteiger partial charge in [-0.3, -0.25) is 0 Å². The van der Waals surface area contributed by atoms with Gasteiger partial charge in [0.15, 0.2) is 0 Å². The van der Waals surface area contributed by atoms with Crippen molar-refractivity contribution in [3.05, 3.63) is 60.2 Å². The molecule has 0 aliphatic heterocycles. The molecule has 0 N–H and O–H groups in total. The average Bonchev–Trinajstić information content (AvgIpc) is 2.49. The van der Waals surface area contributed by atoms with E-state index < -0.39 is 0 Å². The summed E-state index contributed by atoms with van der Waals surface area (Å²) in [6, 6.07) is 20.3. The lowest BCUT2D eigenvalue weighted by Crippen LogP contribution is -2.19. The second-order valence-corrected chi connectivity index (χ2v) is 4.47. The van der Waals surface area contributed by atoms with Gasteiger partial charge in [0.05, 0.1) is 11.3 Å². The van der Waals surface area contributed by atoms with Gasteiger partial charge in [0, 0.05) is 12.2 Å². The molecule has 0 saturated carbocycles. The van der Waals surface area contributed by atoms with Gasteiger partial charge in [-0.15, -0.1) is 0 Å². The summed E-state index contributed by atoms with van der Waals surface area (Å²) in [6.07, 6.45) is 2.24. The normalized spacial score (nSPS) is 9.89. The van der Waals surface area contributed by atoms with Crippen LogP contribution in [0.25, 0.3) is 0 Å². The highest BCUT2D eigenvalue weighted by atomic mass is 15.1. The zero-order valence-electron chi connectivity index (χ0n) is 11.2. The van der Waals surface area contributed by atoms with Crippen molar-refractivity contribution in [2.45, 2.75) is 19.8 Å². The van der Waals surface area contributed by atoms with Crippen molar-refractivity contribution in [3.8, 4) is 6.07 Å². The van der Waals surface area contributed by atoms with Gasteiger partial charge in [0.1, 0.15) is 6.07 Å². The van der Waals surface area contributed by atoms with E-state index in [1.165, 1.54) is 0 Å². The zero-order chi connectivity index (χ0) is 13.5. The van der Waals surface area contributed by atoms with E-state index in [4.69, 9.17) is 0 Å². The van der Waals surface area contributed by atoms with E-state index >= 15 is 0 Å². The molecule has 19 heavy (non-hydrogen) atoms. The van der Waals surface area contributed by atoms with Crippen LogP contribution in [0.2, 0.25) is 0 Å². The first-order valence-corrected chi connectivity index (χ1v) is 6.68. The van der Waals surface area contributed by atoms with Gasteiger partial charge < -0.3 is 4.90 Å². The Bertz CT molecular complexity index is 555. The van der Waals surface area contributed by atoms with E-state index in [0.717, 1.165) is 36.3 Å². The zero-order valence-corrected chi connectivity index (χ0v) is 11.2. The quantitative estimate of drug-likeness (QED) is 0.781. The van der Waals surface area contributed by atoms with Crippen LogP contribution in [0, 0.1) is 11.3 Å². The molecule has 0 amide bonds. The fourth-order valence-corrected chi connectivity index (χ4v) is 2.12. The third-order valence-electron chi connectivity index (χ3n) is 3.12. The maximum absolute atomic E-state index is 9.26. The number of unbranched alkanes of at least 4 members (excludes halogenated alkanes) is 1. The molecule has 0 aromatic heterocycles. The van der Waals surface area contributed by atoms with Crippen LogP contribution in [0.3, 0.4) is 0 Å². The highest BCUT2D eigenvalue weighted by Gasteiger charge is 2.11. The largest absolute Gasteiger partial charge is 0.340 e. The van der Waals surface area contributed by atoms with Crippen LogP contribution in [-0.4, -0.2) is 6.54 Å². The third-order valence-corrected chi connectivity index (χ3v) is 3.12. The average molecular weight is 250 g/mol. The summed E-state index contributed by atoms with van der Waals surface area (Å²) in [5.74, 6) is 0. The molecule has 0 saturated heterocycles. The van der Waals surface area contributed by atoms with Gasteiger partial charge in [0.25, 0.3) is 0 Å². The topological polar surface area (TPSA) is 27.0 Å². The van der Waals surface area contributed by atoms with E-state index in [2.05, 4.69) is 30.0 Å². The molecule has 0 aliphatic rings. The number of benzene rings is 2. The Hall–Kier alpha value is -2.27. The molecule has 0 unspecified atom stereocenters. The Balaban J connectivity index is 2.41. The number of rotatable bonds is 5. The second-order valence-electron chi connectivity index (χ2n) is 4.47. The van der Waals surface area contributed by atoms with Gasteiger partial charge in [-0.1, -0.05) is 43.7 Å². The minimum absolute atomic E-state index is 0.724. The van der Waals surface area contributed by atoms with Crippen LogP contribution >= 0.6 is 0 Å². The Labute approximate surface area is 114 Å². The standard InChI is InChI=1S/C17H18N2/c1-2-3-13-19(16-10-5-4-6-11-16)17-12-8-7-9-15(17)14-18/h4-12H,2-3,13H2,1H3. The number of hydrogen-bond donors (Lipinski definition) is 0. The van der Waals surface area contributed by atoms with Crippen LogP contribution in [0.15, 0.2) is 54.6 Å². The first kappa shape index (κ1) is 13.2. The summed E-state index contributed by atoms with van der Waals surface area (Å²) < 4.78 is 0. The van der Waals surface area contributed by atoms with E-state index in [1.54, 1.807) is 0 Å². The first-order chi connectivity index (χ1) is 9.36. The molecular formula is C17H18N2. The van der Waals surface area contributed by atoms with Crippen molar-refractivity contribution in [2.24, 2.45) is 0 Å². The molecule has 2 rings (SSSR count). The highest BCUT2D eigenvalue weighted by molar-refractivity contribution is 5.69. The van der Waals surface area contributed by atoms with Crippen molar-refractivity contribution in [1.29, 1.82) is 5.26 Å². The number of nitriles is 1. The van der Waals surface area contributed by atoms with Gasteiger partial charge in [0.2, 0.25) is 0 Å². The lowest BCUT2D eigenvalue weighted by Gasteiger charge is -2.25. The molecule has 96 valence electrons. The minimum atomic E-state index is 0.724. The van der Waals surface area contributed by atoms with Crippen LogP contribution in [0.4, 0.5) is 11.4 Å². The van der Waals surface area contributed by atoms with Crippen molar-refractivity contribution in [1.82, 2.24) is 0 Å². The molecule has 0 bridgehead atoms. The summed E-state index contributed by atoms with van der Waals surface area (Å²) in [7, 11) is 0. The Morgan fingerprint density at radius 3 is 2.37 bits per heavy atom. The smallest absolute Gasteiger partial charge is 0.101 e. The van der Waals surface area contributed by atoms with Crippen LogP contribution in [-0.2, 0) is 0 Å². The summed E-state index contributed by atoms with van der Waals surface area (Å²) in [6.45, 7) is 3.11. The van der Waals surface area contributed by atoms with Crippen LogP contribution in [0.5, 0.6) is 0 Å². The molecular weight excluding hydrogens is 232 g/mol. The predicted octanol–water partition coefficient (Wildman–Crippen LogP) is 4.50. The second kappa shape index (κ2) is 6.61. The maximum Gasteiger partial charge on any atom is 0.101 e. The lowest BCUT2D eigenvalue weighted by molar-refractivity contribution is 0.785. The number of hydrogen-bond acceptors (Lipinski definition) is 2. The van der Waals surface area contributed by atoms with Crippen LogP contribution in [0.1, 0.15) is 25.3 Å². The Kier molecular flexibility index (Phi) is 4.58. The van der Waals surface area contributed by atoms with Crippen LogP contribution < -0.4 is 4.90 Å². The molecule has 0 spiro atoms. The van der Waals surface area contributed by atoms with Gasteiger partial charge >= 0.3 is 0 Å². The summed E-state index contributed by atoms with van der Waals surface area (Å²) in [4.78, 5) is 2.22. The number of para-hydroxylation sites is 2. The van der Waals surface area contributed by atoms with E-state index in [1.807, 2.05) is 42.5 Å². The summed E-state index contributed by atoms with van der Waals surface area (Å²) in [5, 5.41) is 9.26. The molecule has 2 aromatic carbocycles. The van der Waals surface area contributed by atoms with E-state index in [9.17, 15) is 5.26 Å². The first-order valence-electron chi connectivity index (χ1n) is 6.68. The molecule has 0 heterocycles. The minimum Gasteiger partial charge on any atom is -0.340 e. The predicted molar refractivity (Wildman–Crippen MR) is 79.5 cm³/mol. The third kappa shape index (κ3) is 3.14. The number of anilines is 2. The van der Waals surface area contributed by atoms with E-state index in [-0.39, 0.29) is 0 Å².